The van der Waals surface area contributed by atoms with Gasteiger partial charge in [-0.1, -0.05) is 55.3 Å². The van der Waals surface area contributed by atoms with Crippen molar-refractivity contribution in [2.75, 3.05) is 6.61 Å². The van der Waals surface area contributed by atoms with E-state index in [-0.39, 0.29) is 24.1 Å². The predicted octanol–water partition coefficient (Wildman–Crippen LogP) is 8.34. The van der Waals surface area contributed by atoms with Crippen LogP contribution in [0.25, 0.3) is 10.8 Å². The highest BCUT2D eigenvalue weighted by atomic mass is 35.5. The van der Waals surface area contributed by atoms with Gasteiger partial charge in [0.15, 0.2) is 11.5 Å². The van der Waals surface area contributed by atoms with Gasteiger partial charge in [-0.3, -0.25) is 4.79 Å². The molecular formula is C31H39ClO5. The normalized spacial score (nSPS) is 11.4. The second-order valence-electron chi connectivity index (χ2n) is 10.2. The summed E-state index contributed by atoms with van der Waals surface area (Å²) in [5, 5.41) is 1.94. The fourth-order valence-electron chi connectivity index (χ4n) is 3.97. The number of carbonyl (C=O) groups is 1. The molecule has 0 aliphatic carbocycles. The molecule has 0 unspecified atom stereocenters. The maximum absolute atomic E-state index is 12.7. The van der Waals surface area contributed by atoms with Gasteiger partial charge in [-0.2, -0.15) is 0 Å². The molecule has 0 aliphatic rings. The highest BCUT2D eigenvalue weighted by Gasteiger charge is 2.28. The van der Waals surface area contributed by atoms with E-state index in [9.17, 15) is 4.79 Å². The van der Waals surface area contributed by atoms with Gasteiger partial charge in [0.1, 0.15) is 0 Å². The summed E-state index contributed by atoms with van der Waals surface area (Å²) < 4.78 is 24.8. The van der Waals surface area contributed by atoms with E-state index in [4.69, 9.17) is 30.5 Å². The molecule has 37 heavy (non-hydrogen) atoms. The zero-order valence-electron chi connectivity index (χ0n) is 23.0. The molecule has 3 aromatic carbocycles. The van der Waals surface area contributed by atoms with E-state index in [1.54, 1.807) is 19.9 Å². The molecule has 0 amide bonds. The number of halogens is 1. The van der Waals surface area contributed by atoms with Gasteiger partial charge in [-0.25, -0.2) is 0 Å². The molecule has 0 atom stereocenters. The summed E-state index contributed by atoms with van der Waals surface area (Å²) in [6.07, 6.45) is 2.49. The van der Waals surface area contributed by atoms with Crippen LogP contribution in [-0.4, -0.2) is 24.8 Å². The highest BCUT2D eigenvalue weighted by Crippen LogP contribution is 2.52. The molecule has 3 aromatic rings. The minimum atomic E-state index is -0.356. The highest BCUT2D eigenvalue weighted by molar-refractivity contribution is 6.31. The molecule has 0 heterocycles. The molecule has 0 bridgehead atoms. The molecule has 5 nitrogen and oxygen atoms in total. The first kappa shape index (κ1) is 28.6. The standard InChI is InChI=1S/C31H39ClO5/c1-19(2)31(33)37-28-25-15-14-24(32)18-26(25)27(29(35-20(3)4)30(28)36-21(5)6)34-16-9-8-12-23-13-10-11-22(7)17-23/h10-11,13-15,17-21H,8-9,12,16H2,1-7H3. The van der Waals surface area contributed by atoms with Gasteiger partial charge >= 0.3 is 5.97 Å². The molecule has 6 heteroatoms. The number of aryl methyl sites for hydroxylation is 2. The summed E-state index contributed by atoms with van der Waals surface area (Å²) in [6.45, 7) is 13.9. The van der Waals surface area contributed by atoms with Gasteiger partial charge in [-0.15, -0.1) is 0 Å². The van der Waals surface area contributed by atoms with Crippen molar-refractivity contribution in [3.05, 3.63) is 58.6 Å². The number of esters is 1. The number of carbonyl (C=O) groups excluding carboxylic acids is 1. The number of benzene rings is 3. The van der Waals surface area contributed by atoms with Gasteiger partial charge < -0.3 is 18.9 Å². The third kappa shape index (κ3) is 7.78. The minimum absolute atomic E-state index is 0.163. The topological polar surface area (TPSA) is 54.0 Å². The van der Waals surface area contributed by atoms with E-state index in [0.717, 1.165) is 19.3 Å². The van der Waals surface area contributed by atoms with Gasteiger partial charge in [0, 0.05) is 15.8 Å². The summed E-state index contributed by atoms with van der Waals surface area (Å²) in [5.74, 6) is 0.979. The SMILES string of the molecule is Cc1cccc(CCCCOc2c(OC(C)C)c(OC(C)C)c(OC(=O)C(C)C)c3ccc(Cl)cc23)c1. The second kappa shape index (κ2) is 13.0. The number of hydrogen-bond acceptors (Lipinski definition) is 5. The Morgan fingerprint density at radius 1 is 0.811 bits per heavy atom. The van der Waals surface area contributed by atoms with E-state index in [2.05, 4.69) is 31.2 Å². The van der Waals surface area contributed by atoms with Crippen molar-refractivity contribution in [2.24, 2.45) is 5.92 Å². The largest absolute Gasteiger partial charge is 0.489 e. The van der Waals surface area contributed by atoms with Crippen LogP contribution in [0.5, 0.6) is 23.0 Å². The first-order valence-corrected chi connectivity index (χ1v) is 13.5. The van der Waals surface area contributed by atoms with Crippen molar-refractivity contribution in [2.45, 2.75) is 79.9 Å². The number of rotatable bonds is 12. The van der Waals surface area contributed by atoms with Crippen molar-refractivity contribution in [1.29, 1.82) is 0 Å². The molecule has 200 valence electrons. The molecule has 0 radical (unpaired) electrons. The Balaban J connectivity index is 2.01. The summed E-state index contributed by atoms with van der Waals surface area (Å²) >= 11 is 6.41. The van der Waals surface area contributed by atoms with Crippen molar-refractivity contribution < 1.29 is 23.7 Å². The average Bonchev–Trinajstić information content (AvgIpc) is 2.81. The zero-order valence-corrected chi connectivity index (χ0v) is 23.8. The Morgan fingerprint density at radius 2 is 1.49 bits per heavy atom. The summed E-state index contributed by atoms with van der Waals surface area (Å²) in [5.41, 5.74) is 2.59. The van der Waals surface area contributed by atoms with Crippen molar-refractivity contribution in [3.63, 3.8) is 0 Å². The maximum Gasteiger partial charge on any atom is 0.313 e. The van der Waals surface area contributed by atoms with Crippen LogP contribution < -0.4 is 18.9 Å². The fraction of sp³-hybridized carbons (Fsp3) is 0.452. The lowest BCUT2D eigenvalue weighted by atomic mass is 10.1. The van der Waals surface area contributed by atoms with Gasteiger partial charge in [0.2, 0.25) is 11.5 Å². The van der Waals surface area contributed by atoms with Crippen LogP contribution in [-0.2, 0) is 11.2 Å². The van der Waals surface area contributed by atoms with Crippen LogP contribution >= 0.6 is 11.6 Å². The first-order valence-electron chi connectivity index (χ1n) is 13.1. The van der Waals surface area contributed by atoms with Crippen LogP contribution in [0.2, 0.25) is 5.02 Å². The van der Waals surface area contributed by atoms with Gasteiger partial charge in [0.25, 0.3) is 0 Å². The van der Waals surface area contributed by atoms with Crippen LogP contribution in [0, 0.1) is 12.8 Å². The molecule has 0 saturated carbocycles. The molecule has 3 rings (SSSR count). The van der Waals surface area contributed by atoms with Crippen molar-refractivity contribution in [1.82, 2.24) is 0 Å². The first-order chi connectivity index (χ1) is 17.6. The molecule has 0 aromatic heterocycles. The Morgan fingerprint density at radius 3 is 2.11 bits per heavy atom. The molecule has 0 N–H and O–H groups in total. The van der Waals surface area contributed by atoms with Crippen LogP contribution in [0.3, 0.4) is 0 Å². The van der Waals surface area contributed by atoms with E-state index in [1.165, 1.54) is 11.1 Å². The number of unbranched alkanes of at least 4 members (excludes halogenated alkanes) is 1. The van der Waals surface area contributed by atoms with Crippen molar-refractivity contribution >= 4 is 28.3 Å². The number of ether oxygens (including phenoxy) is 4. The Kier molecular flexibility index (Phi) is 10.1. The van der Waals surface area contributed by atoms with Crippen LogP contribution in [0.15, 0.2) is 42.5 Å². The van der Waals surface area contributed by atoms with E-state index < -0.39 is 0 Å². The molecule has 0 spiro atoms. The smallest absolute Gasteiger partial charge is 0.313 e. The van der Waals surface area contributed by atoms with Crippen LogP contribution in [0.1, 0.15) is 65.5 Å². The predicted molar refractivity (Wildman–Crippen MR) is 151 cm³/mol. The lowest BCUT2D eigenvalue weighted by molar-refractivity contribution is -0.137. The average molecular weight is 527 g/mol. The summed E-state index contributed by atoms with van der Waals surface area (Å²) in [6, 6.07) is 14.0. The number of hydrogen-bond donors (Lipinski definition) is 0. The third-order valence-corrected chi connectivity index (χ3v) is 5.89. The van der Waals surface area contributed by atoms with E-state index >= 15 is 0 Å². The quantitative estimate of drug-likeness (QED) is 0.135. The van der Waals surface area contributed by atoms with E-state index in [1.807, 2.05) is 39.8 Å². The van der Waals surface area contributed by atoms with Crippen molar-refractivity contribution in [3.8, 4) is 23.0 Å². The zero-order chi connectivity index (χ0) is 27.1. The summed E-state index contributed by atoms with van der Waals surface area (Å²) in [7, 11) is 0. The van der Waals surface area contributed by atoms with Crippen LogP contribution in [0.4, 0.5) is 0 Å². The Hall–Kier alpha value is -2.92. The molecule has 0 aliphatic heterocycles. The second-order valence-corrected chi connectivity index (χ2v) is 10.6. The Labute approximate surface area is 226 Å². The molecular weight excluding hydrogens is 488 g/mol. The lowest BCUT2D eigenvalue weighted by Crippen LogP contribution is -2.18. The molecule has 0 fully saturated rings. The monoisotopic (exact) mass is 526 g/mol. The summed E-state index contributed by atoms with van der Waals surface area (Å²) in [4.78, 5) is 12.7. The van der Waals surface area contributed by atoms with Gasteiger partial charge in [-0.05, 0) is 77.6 Å². The third-order valence-electron chi connectivity index (χ3n) is 5.66. The Bertz CT molecular complexity index is 1220. The lowest BCUT2D eigenvalue weighted by Gasteiger charge is -2.25. The minimum Gasteiger partial charge on any atom is -0.489 e. The molecule has 0 saturated heterocycles. The fourth-order valence-corrected chi connectivity index (χ4v) is 4.15. The number of fused-ring (bicyclic) bond motifs is 1. The van der Waals surface area contributed by atoms with E-state index in [0.29, 0.717) is 45.4 Å². The van der Waals surface area contributed by atoms with Gasteiger partial charge in [0.05, 0.1) is 24.7 Å². The maximum atomic E-state index is 12.7.